The second-order valence-electron chi connectivity index (χ2n) is 9.46. The molecular weight excluding hydrogens is 434 g/mol. The average molecular weight is 472 g/mol. The molecule has 0 aromatic heterocycles. The first-order chi connectivity index (χ1) is 17.0. The first-order valence-corrected chi connectivity index (χ1v) is 12.8. The van der Waals surface area contributed by atoms with Crippen LogP contribution in [0.4, 0.5) is 11.4 Å². The Morgan fingerprint density at radius 1 is 1.03 bits per heavy atom. The Kier molecular flexibility index (Phi) is 8.30. The predicted octanol–water partition coefficient (Wildman–Crippen LogP) is 7.17. The normalized spacial score (nSPS) is 13.9. The average Bonchev–Trinajstić information content (AvgIpc) is 2.89. The van der Waals surface area contributed by atoms with Crippen LogP contribution in [0.2, 0.25) is 0 Å². The fourth-order valence-electron chi connectivity index (χ4n) is 4.81. The molecule has 1 amide bonds. The maximum Gasteiger partial charge on any atom is 0.254 e. The van der Waals surface area contributed by atoms with Gasteiger partial charge in [0.05, 0.1) is 11.4 Å². The van der Waals surface area contributed by atoms with E-state index in [1.807, 2.05) is 73.7 Å². The minimum absolute atomic E-state index is 0.147. The van der Waals surface area contributed by atoms with Crippen LogP contribution in [0.3, 0.4) is 0 Å². The lowest BCUT2D eigenvalue weighted by molar-refractivity contribution is 0.0634. The van der Waals surface area contributed by atoms with Crippen LogP contribution >= 0.6 is 0 Å². The van der Waals surface area contributed by atoms with E-state index in [-0.39, 0.29) is 5.91 Å². The molecule has 1 aliphatic rings. The molecule has 3 N–H and O–H groups in total. The third-order valence-electron chi connectivity index (χ3n) is 6.74. The van der Waals surface area contributed by atoms with Crippen molar-refractivity contribution in [2.75, 3.05) is 17.6 Å². The molecule has 35 heavy (non-hydrogen) atoms. The first-order valence-electron chi connectivity index (χ1n) is 12.8. The van der Waals surface area contributed by atoms with Crippen molar-refractivity contribution in [3.05, 3.63) is 83.4 Å². The van der Waals surface area contributed by atoms with Gasteiger partial charge in [0.2, 0.25) is 0 Å². The Hall–Kier alpha value is -3.47. The molecule has 5 heteroatoms. The molecule has 3 aromatic rings. The maximum atomic E-state index is 13.4. The van der Waals surface area contributed by atoms with Crippen LogP contribution < -0.4 is 15.8 Å². The fourth-order valence-corrected chi connectivity index (χ4v) is 4.81. The van der Waals surface area contributed by atoms with Crippen LogP contribution in [0.25, 0.3) is 0 Å². The Labute approximate surface area is 209 Å². The largest absolute Gasteiger partial charge is 0.457 e. The Morgan fingerprint density at radius 2 is 1.83 bits per heavy atom. The smallest absolute Gasteiger partial charge is 0.254 e. The van der Waals surface area contributed by atoms with Crippen LogP contribution in [-0.2, 0) is 6.54 Å². The molecule has 0 atom stereocenters. The summed E-state index contributed by atoms with van der Waals surface area (Å²) in [6.07, 6.45) is 6.93. The fraction of sp³-hybridized carbons (Fsp3) is 0.367. The zero-order valence-electron chi connectivity index (χ0n) is 20.9. The van der Waals surface area contributed by atoms with E-state index in [9.17, 15) is 4.79 Å². The van der Waals surface area contributed by atoms with Crippen molar-refractivity contribution in [1.82, 2.24) is 4.90 Å². The molecule has 0 saturated heterocycles. The third-order valence-corrected chi connectivity index (χ3v) is 6.74. The van der Waals surface area contributed by atoms with Crippen molar-refractivity contribution in [2.24, 2.45) is 0 Å². The van der Waals surface area contributed by atoms with E-state index in [0.717, 1.165) is 59.7 Å². The van der Waals surface area contributed by atoms with E-state index in [1.165, 1.54) is 19.3 Å². The van der Waals surface area contributed by atoms with Gasteiger partial charge in [0, 0.05) is 30.8 Å². The van der Waals surface area contributed by atoms with Crippen molar-refractivity contribution in [2.45, 2.75) is 65.0 Å². The van der Waals surface area contributed by atoms with Gasteiger partial charge in [-0.15, -0.1) is 0 Å². The Morgan fingerprint density at radius 3 is 2.60 bits per heavy atom. The molecule has 0 bridgehead atoms. The highest BCUT2D eigenvalue weighted by Gasteiger charge is 2.25. The van der Waals surface area contributed by atoms with Gasteiger partial charge in [-0.25, -0.2) is 0 Å². The highest BCUT2D eigenvalue weighted by atomic mass is 16.5. The van der Waals surface area contributed by atoms with Gasteiger partial charge in [0.15, 0.2) is 0 Å². The molecule has 0 radical (unpaired) electrons. The van der Waals surface area contributed by atoms with Gasteiger partial charge in [0.25, 0.3) is 5.91 Å². The quantitative estimate of drug-likeness (QED) is 0.325. The molecule has 0 heterocycles. The number of nitrogens with two attached hydrogens (primary N) is 1. The van der Waals surface area contributed by atoms with Crippen LogP contribution in [0.1, 0.15) is 66.9 Å². The highest BCUT2D eigenvalue weighted by Crippen LogP contribution is 2.30. The number of hydrogen-bond donors (Lipinski definition) is 2. The number of carbonyl (C=O) groups excluding carboxylic acids is 1. The number of hydrogen-bond acceptors (Lipinski definition) is 4. The lowest BCUT2D eigenvalue weighted by Crippen LogP contribution is -2.42. The van der Waals surface area contributed by atoms with Gasteiger partial charge in [-0.3, -0.25) is 4.79 Å². The van der Waals surface area contributed by atoms with E-state index in [0.29, 0.717) is 18.3 Å². The molecular formula is C30H37N3O2. The van der Waals surface area contributed by atoms with Crippen molar-refractivity contribution < 1.29 is 9.53 Å². The summed E-state index contributed by atoms with van der Waals surface area (Å²) < 4.78 is 6.07. The van der Waals surface area contributed by atoms with Gasteiger partial charge in [0.1, 0.15) is 11.5 Å². The molecule has 1 saturated carbocycles. The summed E-state index contributed by atoms with van der Waals surface area (Å²) in [5.41, 5.74) is 10.6. The third kappa shape index (κ3) is 6.36. The second-order valence-corrected chi connectivity index (χ2v) is 9.46. The van der Waals surface area contributed by atoms with Crippen molar-refractivity contribution in [1.29, 1.82) is 0 Å². The minimum Gasteiger partial charge on any atom is -0.457 e. The summed E-state index contributed by atoms with van der Waals surface area (Å²) in [5, 5.41) is 3.42. The number of aryl methyl sites for hydroxylation is 1. The monoisotopic (exact) mass is 471 g/mol. The minimum atomic E-state index is 0.147. The lowest BCUT2D eigenvalue weighted by atomic mass is 9.93. The van der Waals surface area contributed by atoms with E-state index >= 15 is 0 Å². The van der Waals surface area contributed by atoms with Crippen LogP contribution in [-0.4, -0.2) is 23.4 Å². The maximum absolute atomic E-state index is 13.4. The van der Waals surface area contributed by atoms with Gasteiger partial charge in [-0.2, -0.15) is 0 Å². The summed E-state index contributed by atoms with van der Waals surface area (Å²) in [6.45, 7) is 5.55. The molecule has 1 fully saturated rings. The van der Waals surface area contributed by atoms with Crippen LogP contribution in [0, 0.1) is 6.92 Å². The Bertz CT molecular complexity index is 1140. The molecule has 0 spiro atoms. The van der Waals surface area contributed by atoms with Crippen LogP contribution in [0.15, 0.2) is 66.7 Å². The van der Waals surface area contributed by atoms with E-state index < -0.39 is 0 Å². The standard InChI is InChI=1S/C30H37N3O2/c1-3-18-33(25-13-5-4-6-14-25)30(34)24-12-9-11-23(19-24)21-32-28-20-26(16-17-27(28)31)35-29-15-8-7-10-22(29)2/h7-12,15-17,19-20,25,32H,3-6,13-14,18,21,31H2,1-2H3. The number of nitrogen functional groups attached to an aromatic ring is 1. The van der Waals surface area contributed by atoms with Gasteiger partial charge < -0.3 is 20.7 Å². The molecule has 5 nitrogen and oxygen atoms in total. The summed E-state index contributed by atoms with van der Waals surface area (Å²) in [5.74, 6) is 1.69. The number of ether oxygens (including phenoxy) is 1. The number of rotatable bonds is 9. The summed E-state index contributed by atoms with van der Waals surface area (Å²) in [6, 6.07) is 21.9. The zero-order chi connectivity index (χ0) is 24.6. The molecule has 1 aliphatic carbocycles. The van der Waals surface area contributed by atoms with Gasteiger partial charge in [-0.05, 0) is 67.6 Å². The number of amides is 1. The molecule has 4 rings (SSSR count). The Balaban J connectivity index is 1.45. The second kappa shape index (κ2) is 11.8. The van der Waals surface area contributed by atoms with Crippen molar-refractivity contribution in [3.8, 4) is 11.5 Å². The van der Waals surface area contributed by atoms with Gasteiger partial charge >= 0.3 is 0 Å². The number of nitrogens with one attached hydrogen (secondary N) is 1. The predicted molar refractivity (Wildman–Crippen MR) is 144 cm³/mol. The highest BCUT2D eigenvalue weighted by molar-refractivity contribution is 5.94. The molecule has 3 aromatic carbocycles. The molecule has 0 unspecified atom stereocenters. The van der Waals surface area contributed by atoms with Gasteiger partial charge in [-0.1, -0.05) is 56.5 Å². The number of para-hydroxylation sites is 1. The summed E-state index contributed by atoms with van der Waals surface area (Å²) in [7, 11) is 0. The zero-order valence-corrected chi connectivity index (χ0v) is 20.9. The van der Waals surface area contributed by atoms with E-state index in [2.05, 4.69) is 17.1 Å². The summed E-state index contributed by atoms with van der Waals surface area (Å²) >= 11 is 0. The molecule has 0 aliphatic heterocycles. The number of carbonyl (C=O) groups is 1. The van der Waals surface area contributed by atoms with Crippen LogP contribution in [0.5, 0.6) is 11.5 Å². The number of benzene rings is 3. The van der Waals surface area contributed by atoms with E-state index in [4.69, 9.17) is 10.5 Å². The topological polar surface area (TPSA) is 67.6 Å². The molecule has 184 valence electrons. The first kappa shape index (κ1) is 24.6. The van der Waals surface area contributed by atoms with Crippen molar-refractivity contribution in [3.63, 3.8) is 0 Å². The lowest BCUT2D eigenvalue weighted by Gasteiger charge is -2.34. The number of anilines is 2. The summed E-state index contributed by atoms with van der Waals surface area (Å²) in [4.78, 5) is 15.5. The van der Waals surface area contributed by atoms with E-state index in [1.54, 1.807) is 0 Å². The van der Waals surface area contributed by atoms with Crippen molar-refractivity contribution >= 4 is 17.3 Å². The SMILES string of the molecule is CCCN(C(=O)c1cccc(CNc2cc(Oc3ccccc3C)ccc2N)c1)C1CCCCC1. The number of nitrogens with zero attached hydrogens (tertiary/aromatic N) is 1.